The van der Waals surface area contributed by atoms with Crippen LogP contribution in [0.5, 0.6) is 0 Å². The molecule has 0 radical (unpaired) electrons. The summed E-state index contributed by atoms with van der Waals surface area (Å²) in [6.07, 6.45) is 0. The Morgan fingerprint density at radius 2 is 1.59 bits per heavy atom. The predicted octanol–water partition coefficient (Wildman–Crippen LogP) is 4.98. The van der Waals surface area contributed by atoms with Gasteiger partial charge in [-0.3, -0.25) is 4.79 Å². The molecule has 2 heterocycles. The first-order valence-electron chi connectivity index (χ1n) is 5.59. The summed E-state index contributed by atoms with van der Waals surface area (Å²) in [5.41, 5.74) is 0.198. The number of carbonyl (C=O) groups excluding carboxylic acids is 1. The van der Waals surface area contributed by atoms with Crippen molar-refractivity contribution < 1.29 is 4.79 Å². The summed E-state index contributed by atoms with van der Waals surface area (Å²) < 4.78 is 0. The Labute approximate surface area is 110 Å². The molecule has 90 valence electrons. The van der Waals surface area contributed by atoms with Crippen molar-refractivity contribution in [3.8, 4) is 9.75 Å². The van der Waals surface area contributed by atoms with E-state index in [1.165, 1.54) is 14.6 Å². The van der Waals surface area contributed by atoms with Gasteiger partial charge in [0.1, 0.15) is 0 Å². The molecule has 0 fully saturated rings. The Bertz CT molecular complexity index is 541. The third kappa shape index (κ3) is 2.67. The average molecular weight is 264 g/mol. The molecule has 3 heteroatoms. The van der Waals surface area contributed by atoms with Gasteiger partial charge in [0.05, 0.1) is 4.88 Å². The topological polar surface area (TPSA) is 17.1 Å². The Balaban J connectivity index is 2.34. The highest BCUT2D eigenvalue weighted by atomic mass is 32.1. The molecule has 0 aliphatic carbocycles. The minimum Gasteiger partial charge on any atom is -0.294 e. The van der Waals surface area contributed by atoms with Gasteiger partial charge in [-0.05, 0) is 36.6 Å². The standard InChI is InChI=1S/C14H16OS2/c1-9(15)10-5-6-11(16-10)12-7-8-13(17-12)14(2,3)4/h5-8H,1-4H3. The largest absolute Gasteiger partial charge is 0.294 e. The molecule has 0 saturated carbocycles. The number of hydrogen-bond donors (Lipinski definition) is 0. The molecule has 0 spiro atoms. The Hall–Kier alpha value is -0.930. The molecule has 0 aliphatic rings. The number of carbonyl (C=O) groups is 1. The lowest BCUT2D eigenvalue weighted by atomic mass is 9.95. The molecule has 1 nitrogen and oxygen atoms in total. The lowest BCUT2D eigenvalue weighted by Gasteiger charge is -2.15. The van der Waals surface area contributed by atoms with Gasteiger partial charge in [0.25, 0.3) is 0 Å². The van der Waals surface area contributed by atoms with Crippen molar-refractivity contribution in [3.63, 3.8) is 0 Å². The van der Waals surface area contributed by atoms with Gasteiger partial charge in [-0.15, -0.1) is 22.7 Å². The van der Waals surface area contributed by atoms with Crippen molar-refractivity contribution in [1.82, 2.24) is 0 Å². The molecule has 0 bridgehead atoms. The van der Waals surface area contributed by atoms with Crippen LogP contribution >= 0.6 is 22.7 Å². The number of ketones is 1. The zero-order chi connectivity index (χ0) is 12.6. The zero-order valence-corrected chi connectivity index (χ0v) is 12.2. The maximum Gasteiger partial charge on any atom is 0.169 e. The van der Waals surface area contributed by atoms with Gasteiger partial charge in [0.2, 0.25) is 0 Å². The van der Waals surface area contributed by atoms with E-state index in [4.69, 9.17) is 0 Å². The minimum absolute atomic E-state index is 0.147. The second-order valence-corrected chi connectivity index (χ2v) is 7.30. The van der Waals surface area contributed by atoms with E-state index in [9.17, 15) is 4.79 Å². The fraction of sp³-hybridized carbons (Fsp3) is 0.357. The van der Waals surface area contributed by atoms with Crippen LogP contribution in [0.15, 0.2) is 24.3 Å². The third-order valence-corrected chi connectivity index (χ3v) is 5.43. The first kappa shape index (κ1) is 12.5. The van der Waals surface area contributed by atoms with E-state index in [2.05, 4.69) is 32.9 Å². The van der Waals surface area contributed by atoms with Gasteiger partial charge in [-0.25, -0.2) is 0 Å². The monoisotopic (exact) mass is 264 g/mol. The summed E-state index contributed by atoms with van der Waals surface area (Å²) in [5, 5.41) is 0. The second kappa shape index (κ2) is 4.39. The average Bonchev–Trinajstić information content (AvgIpc) is 2.85. The van der Waals surface area contributed by atoms with E-state index in [1.807, 2.05) is 23.5 Å². The molecule has 0 saturated heterocycles. The van der Waals surface area contributed by atoms with Crippen LogP contribution in [0.3, 0.4) is 0 Å². The van der Waals surface area contributed by atoms with Crippen LogP contribution in [0, 0.1) is 0 Å². The molecule has 0 N–H and O–H groups in total. The lowest BCUT2D eigenvalue weighted by Crippen LogP contribution is -2.07. The SMILES string of the molecule is CC(=O)c1ccc(-c2ccc(C(C)(C)C)s2)s1. The van der Waals surface area contributed by atoms with Crippen LogP contribution in [0.4, 0.5) is 0 Å². The fourth-order valence-corrected chi connectivity index (χ4v) is 3.59. The molecular formula is C14H16OS2. The third-order valence-electron chi connectivity index (χ3n) is 2.54. The summed E-state index contributed by atoms with van der Waals surface area (Å²) in [6, 6.07) is 8.30. The van der Waals surface area contributed by atoms with E-state index in [1.54, 1.807) is 18.3 Å². The smallest absolute Gasteiger partial charge is 0.169 e. The van der Waals surface area contributed by atoms with Gasteiger partial charge < -0.3 is 0 Å². The van der Waals surface area contributed by atoms with E-state index in [0.717, 1.165) is 4.88 Å². The molecule has 0 unspecified atom stereocenters. The first-order chi connectivity index (χ1) is 7.88. The highest BCUT2D eigenvalue weighted by molar-refractivity contribution is 7.23. The van der Waals surface area contributed by atoms with Crippen molar-refractivity contribution in [2.75, 3.05) is 0 Å². The molecule has 2 aromatic heterocycles. The van der Waals surface area contributed by atoms with Gasteiger partial charge in [0, 0.05) is 14.6 Å². The Morgan fingerprint density at radius 3 is 2.06 bits per heavy atom. The van der Waals surface area contributed by atoms with Crippen molar-refractivity contribution in [2.24, 2.45) is 0 Å². The summed E-state index contributed by atoms with van der Waals surface area (Å²) >= 11 is 3.40. The Kier molecular flexibility index (Phi) is 3.23. The normalized spacial score (nSPS) is 11.8. The van der Waals surface area contributed by atoms with Crippen LogP contribution in [0.2, 0.25) is 0 Å². The second-order valence-electron chi connectivity index (χ2n) is 5.13. The van der Waals surface area contributed by atoms with Crippen LogP contribution in [-0.4, -0.2) is 5.78 Å². The minimum atomic E-state index is 0.147. The molecule has 2 rings (SSSR count). The number of hydrogen-bond acceptors (Lipinski definition) is 3. The van der Waals surface area contributed by atoms with Crippen LogP contribution < -0.4 is 0 Å². The zero-order valence-electron chi connectivity index (χ0n) is 10.5. The predicted molar refractivity (Wildman–Crippen MR) is 76.3 cm³/mol. The molecular weight excluding hydrogens is 248 g/mol. The van der Waals surface area contributed by atoms with Crippen molar-refractivity contribution in [3.05, 3.63) is 34.0 Å². The number of Topliss-reactive ketones (excluding diaryl/α,β-unsaturated/α-hetero) is 1. The molecule has 2 aromatic rings. The first-order valence-corrected chi connectivity index (χ1v) is 7.22. The molecule has 0 atom stereocenters. The van der Waals surface area contributed by atoms with Gasteiger partial charge in [-0.2, -0.15) is 0 Å². The van der Waals surface area contributed by atoms with Crippen LogP contribution in [-0.2, 0) is 5.41 Å². The maximum atomic E-state index is 11.3. The van der Waals surface area contributed by atoms with E-state index < -0.39 is 0 Å². The van der Waals surface area contributed by atoms with Crippen molar-refractivity contribution in [1.29, 1.82) is 0 Å². The molecule has 17 heavy (non-hydrogen) atoms. The van der Waals surface area contributed by atoms with E-state index >= 15 is 0 Å². The van der Waals surface area contributed by atoms with E-state index in [0.29, 0.717) is 0 Å². The van der Waals surface area contributed by atoms with Crippen molar-refractivity contribution >= 4 is 28.5 Å². The van der Waals surface area contributed by atoms with Gasteiger partial charge in [0.15, 0.2) is 5.78 Å². The molecule has 0 aliphatic heterocycles. The van der Waals surface area contributed by atoms with Gasteiger partial charge in [-0.1, -0.05) is 20.8 Å². The van der Waals surface area contributed by atoms with Gasteiger partial charge >= 0.3 is 0 Å². The number of rotatable bonds is 2. The summed E-state index contributed by atoms with van der Waals surface area (Å²) in [4.78, 5) is 15.9. The quantitative estimate of drug-likeness (QED) is 0.699. The van der Waals surface area contributed by atoms with E-state index in [-0.39, 0.29) is 11.2 Å². The molecule has 0 aromatic carbocycles. The summed E-state index contributed by atoms with van der Waals surface area (Å²) in [6.45, 7) is 8.28. The van der Waals surface area contributed by atoms with Crippen molar-refractivity contribution in [2.45, 2.75) is 33.1 Å². The van der Waals surface area contributed by atoms with Crippen LogP contribution in [0.1, 0.15) is 42.2 Å². The molecule has 0 amide bonds. The maximum absolute atomic E-state index is 11.3. The lowest BCUT2D eigenvalue weighted by molar-refractivity contribution is 0.102. The van der Waals surface area contributed by atoms with Crippen LogP contribution in [0.25, 0.3) is 9.75 Å². The highest BCUT2D eigenvalue weighted by Crippen LogP contribution is 2.37. The summed E-state index contributed by atoms with van der Waals surface area (Å²) in [7, 11) is 0. The fourth-order valence-electron chi connectivity index (χ4n) is 1.53. The Morgan fingerprint density at radius 1 is 1.00 bits per heavy atom. The number of thiophene rings is 2. The highest BCUT2D eigenvalue weighted by Gasteiger charge is 2.17. The summed E-state index contributed by atoms with van der Waals surface area (Å²) in [5.74, 6) is 0.147.